The summed E-state index contributed by atoms with van der Waals surface area (Å²) in [5.41, 5.74) is 1.69. The lowest BCUT2D eigenvalue weighted by atomic mass is 10.0. The highest BCUT2D eigenvalue weighted by Crippen LogP contribution is 2.29. The van der Waals surface area contributed by atoms with Crippen LogP contribution >= 0.6 is 0 Å². The van der Waals surface area contributed by atoms with Crippen molar-refractivity contribution in [3.05, 3.63) is 23.9 Å². The van der Waals surface area contributed by atoms with E-state index in [1.807, 2.05) is 39.1 Å². The molecular weight excluding hydrogens is 314 g/mol. The predicted octanol–water partition coefficient (Wildman–Crippen LogP) is 4.74. The maximum absolute atomic E-state index is 12.8. The smallest absolute Gasteiger partial charge is 0.416 e. The van der Waals surface area contributed by atoms with E-state index in [1.165, 1.54) is 12.8 Å². The Balaban J connectivity index is 1.82. The van der Waals surface area contributed by atoms with Crippen molar-refractivity contribution < 1.29 is 9.53 Å². The number of carbonyl (C=O) groups is 1. The first-order chi connectivity index (χ1) is 11.9. The van der Waals surface area contributed by atoms with Crippen LogP contribution in [-0.4, -0.2) is 35.0 Å². The Morgan fingerprint density at radius 2 is 1.92 bits per heavy atom. The summed E-state index contributed by atoms with van der Waals surface area (Å²) >= 11 is 0. The van der Waals surface area contributed by atoms with Gasteiger partial charge in [-0.1, -0.05) is 12.8 Å². The molecular formula is C20H29N3O2. The average molecular weight is 343 g/mol. The van der Waals surface area contributed by atoms with Gasteiger partial charge in [0, 0.05) is 30.1 Å². The molecule has 0 atom stereocenters. The molecule has 0 N–H and O–H groups in total. The number of hydrogen-bond donors (Lipinski definition) is 0. The van der Waals surface area contributed by atoms with Crippen molar-refractivity contribution in [2.75, 3.05) is 11.4 Å². The summed E-state index contributed by atoms with van der Waals surface area (Å²) in [4.78, 5) is 23.7. The Morgan fingerprint density at radius 1 is 1.16 bits per heavy atom. The summed E-state index contributed by atoms with van der Waals surface area (Å²) in [6.45, 7) is 6.60. The molecule has 1 aromatic heterocycles. The summed E-state index contributed by atoms with van der Waals surface area (Å²) in [6.07, 6.45) is 9.25. The number of rotatable bonds is 3. The third kappa shape index (κ3) is 4.59. The molecule has 3 rings (SSSR count). The summed E-state index contributed by atoms with van der Waals surface area (Å²) in [6, 6.07) is 4.16. The molecule has 5 nitrogen and oxygen atoms in total. The average Bonchev–Trinajstić information content (AvgIpc) is 3.09. The van der Waals surface area contributed by atoms with Gasteiger partial charge in [0.1, 0.15) is 11.4 Å². The second-order valence-corrected chi connectivity index (χ2v) is 7.98. The number of amides is 1. The zero-order chi connectivity index (χ0) is 17.9. The fourth-order valence-corrected chi connectivity index (χ4v) is 3.54. The topological polar surface area (TPSA) is 54.8 Å². The SMILES string of the molecule is CC(C)(C)OC(=O)N(c1ccc(C2=NCCCC2)cn1)C1CCCC1. The zero-order valence-electron chi connectivity index (χ0n) is 15.6. The first-order valence-corrected chi connectivity index (χ1v) is 9.46. The van der Waals surface area contributed by atoms with Gasteiger partial charge in [-0.2, -0.15) is 0 Å². The number of carbonyl (C=O) groups excluding carboxylic acids is 1. The molecule has 1 aromatic rings. The van der Waals surface area contributed by atoms with E-state index in [2.05, 4.69) is 9.98 Å². The van der Waals surface area contributed by atoms with Crippen LogP contribution in [-0.2, 0) is 4.74 Å². The first-order valence-electron chi connectivity index (χ1n) is 9.46. The molecule has 1 saturated carbocycles. The van der Waals surface area contributed by atoms with E-state index in [1.54, 1.807) is 4.90 Å². The van der Waals surface area contributed by atoms with Gasteiger partial charge in [-0.05, 0) is 65.0 Å². The van der Waals surface area contributed by atoms with Crippen molar-refractivity contribution in [2.45, 2.75) is 77.4 Å². The highest BCUT2D eigenvalue weighted by Gasteiger charge is 2.32. The van der Waals surface area contributed by atoms with Crippen molar-refractivity contribution in [2.24, 2.45) is 4.99 Å². The molecule has 0 radical (unpaired) electrons. The number of aromatic nitrogens is 1. The second kappa shape index (κ2) is 7.54. The van der Waals surface area contributed by atoms with E-state index in [9.17, 15) is 4.79 Å². The number of hydrogen-bond acceptors (Lipinski definition) is 4. The third-order valence-electron chi connectivity index (χ3n) is 4.73. The molecule has 1 aliphatic heterocycles. The second-order valence-electron chi connectivity index (χ2n) is 7.98. The summed E-state index contributed by atoms with van der Waals surface area (Å²) < 4.78 is 5.64. The van der Waals surface area contributed by atoms with E-state index in [4.69, 9.17) is 4.74 Å². The van der Waals surface area contributed by atoms with Gasteiger partial charge in [-0.15, -0.1) is 0 Å². The molecule has 0 spiro atoms. The zero-order valence-corrected chi connectivity index (χ0v) is 15.6. The highest BCUT2D eigenvalue weighted by molar-refractivity contribution is 6.01. The monoisotopic (exact) mass is 343 g/mol. The number of pyridine rings is 1. The molecule has 0 bridgehead atoms. The Kier molecular flexibility index (Phi) is 5.40. The first kappa shape index (κ1) is 17.9. The Labute approximate surface area is 150 Å². The van der Waals surface area contributed by atoms with Gasteiger partial charge >= 0.3 is 6.09 Å². The van der Waals surface area contributed by atoms with Crippen molar-refractivity contribution >= 4 is 17.6 Å². The van der Waals surface area contributed by atoms with Gasteiger partial charge in [0.25, 0.3) is 0 Å². The maximum Gasteiger partial charge on any atom is 0.416 e. The maximum atomic E-state index is 12.8. The van der Waals surface area contributed by atoms with Crippen LogP contribution in [0.1, 0.15) is 71.3 Å². The van der Waals surface area contributed by atoms with Gasteiger partial charge in [-0.3, -0.25) is 9.89 Å². The Bertz CT molecular complexity index is 625. The van der Waals surface area contributed by atoms with Gasteiger partial charge in [0.05, 0.1) is 0 Å². The van der Waals surface area contributed by atoms with Gasteiger partial charge in [-0.25, -0.2) is 9.78 Å². The standard InChI is InChI=1S/C20H29N3O2/c1-20(2,3)25-19(24)23(16-8-4-5-9-16)18-12-11-15(14-22-18)17-10-6-7-13-21-17/h11-12,14,16H,4-10,13H2,1-3H3. The van der Waals surface area contributed by atoms with Crippen LogP contribution in [0.3, 0.4) is 0 Å². The van der Waals surface area contributed by atoms with Crippen LogP contribution in [0.4, 0.5) is 10.6 Å². The fourth-order valence-electron chi connectivity index (χ4n) is 3.54. The highest BCUT2D eigenvalue weighted by atomic mass is 16.6. The third-order valence-corrected chi connectivity index (χ3v) is 4.73. The van der Waals surface area contributed by atoms with Crippen molar-refractivity contribution in [3.63, 3.8) is 0 Å². The number of aliphatic imine (C=N–C) groups is 1. The summed E-state index contributed by atoms with van der Waals surface area (Å²) in [7, 11) is 0. The van der Waals surface area contributed by atoms with Crippen LogP contribution in [0.5, 0.6) is 0 Å². The van der Waals surface area contributed by atoms with Crippen LogP contribution in [0.15, 0.2) is 23.3 Å². The van der Waals surface area contributed by atoms with Crippen LogP contribution < -0.4 is 4.90 Å². The molecule has 0 saturated heterocycles. The Hall–Kier alpha value is -1.91. The van der Waals surface area contributed by atoms with E-state index in [-0.39, 0.29) is 12.1 Å². The number of anilines is 1. The predicted molar refractivity (Wildman–Crippen MR) is 100 cm³/mol. The molecule has 1 fully saturated rings. The Morgan fingerprint density at radius 3 is 2.48 bits per heavy atom. The summed E-state index contributed by atoms with van der Waals surface area (Å²) in [5.74, 6) is 0.682. The minimum absolute atomic E-state index is 0.181. The lowest BCUT2D eigenvalue weighted by Gasteiger charge is -2.31. The van der Waals surface area contributed by atoms with Crippen molar-refractivity contribution in [1.29, 1.82) is 0 Å². The molecule has 2 heterocycles. The molecule has 2 aliphatic rings. The fraction of sp³-hybridized carbons (Fsp3) is 0.650. The van der Waals surface area contributed by atoms with E-state index < -0.39 is 5.60 Å². The van der Waals surface area contributed by atoms with Crippen LogP contribution in [0, 0.1) is 0 Å². The quantitative estimate of drug-likeness (QED) is 0.796. The molecule has 25 heavy (non-hydrogen) atoms. The molecule has 1 amide bonds. The lowest BCUT2D eigenvalue weighted by Crippen LogP contribution is -2.43. The molecule has 0 unspecified atom stereocenters. The molecule has 0 aromatic carbocycles. The van der Waals surface area contributed by atoms with Crippen molar-refractivity contribution in [1.82, 2.24) is 4.98 Å². The molecule has 1 aliphatic carbocycles. The van der Waals surface area contributed by atoms with Crippen molar-refractivity contribution in [3.8, 4) is 0 Å². The van der Waals surface area contributed by atoms with E-state index >= 15 is 0 Å². The largest absolute Gasteiger partial charge is 0.443 e. The summed E-state index contributed by atoms with van der Waals surface area (Å²) in [5, 5.41) is 0. The normalized spacial score (nSPS) is 18.8. The number of nitrogens with zero attached hydrogens (tertiary/aromatic N) is 3. The van der Waals surface area contributed by atoms with Gasteiger partial charge in [0.15, 0.2) is 0 Å². The minimum atomic E-state index is -0.509. The molecule has 5 heteroatoms. The molecule has 136 valence electrons. The lowest BCUT2D eigenvalue weighted by molar-refractivity contribution is 0.0564. The van der Waals surface area contributed by atoms with Crippen LogP contribution in [0.2, 0.25) is 0 Å². The van der Waals surface area contributed by atoms with Gasteiger partial charge < -0.3 is 4.74 Å². The van der Waals surface area contributed by atoms with Crippen LogP contribution in [0.25, 0.3) is 0 Å². The minimum Gasteiger partial charge on any atom is -0.443 e. The number of ether oxygens (including phenoxy) is 1. The van der Waals surface area contributed by atoms with E-state index in [0.29, 0.717) is 5.82 Å². The van der Waals surface area contributed by atoms with Gasteiger partial charge in [0.2, 0.25) is 0 Å². The van der Waals surface area contributed by atoms with E-state index in [0.717, 1.165) is 49.9 Å².